The Balaban J connectivity index is 3.84. The predicted octanol–water partition coefficient (Wildman–Crippen LogP) is 3.74. The van der Waals surface area contributed by atoms with E-state index >= 15 is 0 Å². The first-order chi connectivity index (χ1) is 8.25. The minimum Gasteiger partial charge on any atom is -0.232 e. The molecule has 1 aromatic carbocycles. The van der Waals surface area contributed by atoms with Crippen LogP contribution in [0.25, 0.3) is 4.85 Å². The van der Waals surface area contributed by atoms with Crippen molar-refractivity contribution in [2.24, 2.45) is 0 Å². The molecular formula is C10H2F6N2. The van der Waals surface area contributed by atoms with Crippen molar-refractivity contribution in [3.63, 3.8) is 0 Å². The highest BCUT2D eigenvalue weighted by Gasteiger charge is 2.41. The molecular weight excluding hydrogens is 262 g/mol. The fraction of sp³-hybridized carbons (Fsp3) is 0.200. The summed E-state index contributed by atoms with van der Waals surface area (Å²) in [5.41, 5.74) is -5.23. The zero-order valence-corrected chi connectivity index (χ0v) is 8.37. The van der Waals surface area contributed by atoms with E-state index in [0.717, 1.165) is 0 Å². The van der Waals surface area contributed by atoms with Crippen LogP contribution in [-0.2, 0) is 12.6 Å². The molecule has 0 atom stereocenters. The summed E-state index contributed by atoms with van der Waals surface area (Å²) in [5.74, 6) is -6.27. The minimum absolute atomic E-state index is 1.16. The van der Waals surface area contributed by atoms with Crippen LogP contribution in [0.4, 0.5) is 32.0 Å². The van der Waals surface area contributed by atoms with Crippen LogP contribution in [0.15, 0.2) is 0 Å². The average Bonchev–Trinajstić information content (AvgIpc) is 2.25. The zero-order valence-electron chi connectivity index (χ0n) is 8.37. The molecule has 94 valence electrons. The van der Waals surface area contributed by atoms with Crippen molar-refractivity contribution in [1.29, 1.82) is 5.26 Å². The lowest BCUT2D eigenvalue weighted by molar-refractivity contribution is -0.140. The van der Waals surface area contributed by atoms with Crippen LogP contribution in [0.2, 0.25) is 0 Å². The molecule has 0 aliphatic rings. The average molecular weight is 264 g/mol. The van der Waals surface area contributed by atoms with Crippen LogP contribution in [0.1, 0.15) is 11.1 Å². The van der Waals surface area contributed by atoms with Gasteiger partial charge in [0.05, 0.1) is 24.6 Å². The van der Waals surface area contributed by atoms with Gasteiger partial charge in [-0.05, 0) is 0 Å². The van der Waals surface area contributed by atoms with E-state index in [0.29, 0.717) is 0 Å². The van der Waals surface area contributed by atoms with E-state index in [1.54, 1.807) is 0 Å². The quantitative estimate of drug-likeness (QED) is 0.431. The normalized spacial score (nSPS) is 10.9. The second-order valence-electron chi connectivity index (χ2n) is 3.09. The van der Waals surface area contributed by atoms with Crippen LogP contribution in [-0.4, -0.2) is 0 Å². The molecule has 0 N–H and O–H groups in total. The summed E-state index contributed by atoms with van der Waals surface area (Å²) in [7, 11) is 0. The Hall–Kier alpha value is -2.22. The van der Waals surface area contributed by atoms with Crippen LogP contribution in [0.3, 0.4) is 0 Å². The third-order valence-corrected chi connectivity index (χ3v) is 2.05. The molecule has 0 bridgehead atoms. The van der Waals surface area contributed by atoms with Crippen molar-refractivity contribution >= 4 is 5.69 Å². The first-order valence-corrected chi connectivity index (χ1v) is 4.26. The Morgan fingerprint density at radius 1 is 1.11 bits per heavy atom. The van der Waals surface area contributed by atoms with Crippen LogP contribution >= 0.6 is 0 Å². The maximum atomic E-state index is 13.3. The summed E-state index contributed by atoms with van der Waals surface area (Å²) in [6.07, 6.45) is -6.49. The van der Waals surface area contributed by atoms with Gasteiger partial charge in [0.2, 0.25) is 0 Å². The second-order valence-corrected chi connectivity index (χ2v) is 3.09. The van der Waals surface area contributed by atoms with Gasteiger partial charge in [-0.3, -0.25) is 0 Å². The van der Waals surface area contributed by atoms with Gasteiger partial charge in [-0.1, -0.05) is 0 Å². The summed E-state index contributed by atoms with van der Waals surface area (Å²) >= 11 is 0. The van der Waals surface area contributed by atoms with Gasteiger partial charge in [0.15, 0.2) is 11.6 Å². The van der Waals surface area contributed by atoms with Crippen LogP contribution in [0.5, 0.6) is 0 Å². The van der Waals surface area contributed by atoms with Crippen molar-refractivity contribution < 1.29 is 26.3 Å². The Bertz CT molecular complexity index is 576. The molecule has 0 amide bonds. The molecule has 18 heavy (non-hydrogen) atoms. The molecule has 0 aliphatic carbocycles. The van der Waals surface area contributed by atoms with Gasteiger partial charge in [-0.25, -0.2) is 18.0 Å². The third-order valence-electron chi connectivity index (χ3n) is 2.05. The molecule has 0 heterocycles. The smallest absolute Gasteiger partial charge is 0.232 e. The SMILES string of the molecule is [C-]#[N+]c1c(F)c(F)c(CC#N)c(C(F)(F)F)c1F. The van der Waals surface area contributed by atoms with Crippen molar-refractivity contribution in [3.8, 4) is 6.07 Å². The summed E-state index contributed by atoms with van der Waals surface area (Å²) in [6, 6.07) is 1.18. The summed E-state index contributed by atoms with van der Waals surface area (Å²) in [6.45, 7) is 6.34. The molecule has 8 heteroatoms. The van der Waals surface area contributed by atoms with E-state index in [-0.39, 0.29) is 0 Å². The van der Waals surface area contributed by atoms with Gasteiger partial charge in [0.1, 0.15) is 5.82 Å². The summed E-state index contributed by atoms with van der Waals surface area (Å²) in [5, 5.41) is 8.25. The topological polar surface area (TPSA) is 28.1 Å². The number of nitriles is 1. The molecule has 0 unspecified atom stereocenters. The highest BCUT2D eigenvalue weighted by atomic mass is 19.4. The van der Waals surface area contributed by atoms with Crippen molar-refractivity contribution in [3.05, 3.63) is 40.0 Å². The number of rotatable bonds is 1. The fourth-order valence-corrected chi connectivity index (χ4v) is 1.33. The van der Waals surface area contributed by atoms with Gasteiger partial charge in [0, 0.05) is 5.56 Å². The number of hydrogen-bond acceptors (Lipinski definition) is 1. The molecule has 1 aromatic rings. The lowest BCUT2D eigenvalue weighted by atomic mass is 10.0. The van der Waals surface area contributed by atoms with E-state index in [1.807, 2.05) is 0 Å². The number of benzene rings is 1. The fourth-order valence-electron chi connectivity index (χ4n) is 1.33. The van der Waals surface area contributed by atoms with Gasteiger partial charge in [0.25, 0.3) is 5.69 Å². The largest absolute Gasteiger partial charge is 0.418 e. The van der Waals surface area contributed by atoms with Crippen molar-refractivity contribution in [1.82, 2.24) is 0 Å². The van der Waals surface area contributed by atoms with E-state index in [1.165, 1.54) is 6.07 Å². The zero-order chi connectivity index (χ0) is 14.1. The highest BCUT2D eigenvalue weighted by molar-refractivity contribution is 5.54. The highest BCUT2D eigenvalue weighted by Crippen LogP contribution is 2.40. The molecule has 2 nitrogen and oxygen atoms in total. The van der Waals surface area contributed by atoms with Gasteiger partial charge < -0.3 is 0 Å². The van der Waals surface area contributed by atoms with E-state index < -0.39 is 46.9 Å². The number of halogens is 6. The van der Waals surface area contributed by atoms with Crippen LogP contribution < -0.4 is 0 Å². The number of alkyl halides is 3. The predicted molar refractivity (Wildman–Crippen MR) is 46.9 cm³/mol. The molecule has 0 aliphatic heterocycles. The molecule has 0 saturated heterocycles. The maximum absolute atomic E-state index is 13.3. The van der Waals surface area contributed by atoms with Crippen molar-refractivity contribution in [2.75, 3.05) is 0 Å². The van der Waals surface area contributed by atoms with Gasteiger partial charge in [-0.2, -0.15) is 18.4 Å². The number of hydrogen-bond donors (Lipinski definition) is 0. The summed E-state index contributed by atoms with van der Waals surface area (Å²) in [4.78, 5) is 2.18. The lowest BCUT2D eigenvalue weighted by Crippen LogP contribution is -2.15. The first kappa shape index (κ1) is 13.8. The Labute approximate surface area is 96.9 Å². The Morgan fingerprint density at radius 3 is 2.06 bits per heavy atom. The first-order valence-electron chi connectivity index (χ1n) is 4.26. The maximum Gasteiger partial charge on any atom is 0.418 e. The van der Waals surface area contributed by atoms with E-state index in [4.69, 9.17) is 11.8 Å². The molecule has 0 spiro atoms. The molecule has 0 radical (unpaired) electrons. The van der Waals surface area contributed by atoms with Gasteiger partial charge in [-0.15, -0.1) is 0 Å². The summed E-state index contributed by atoms with van der Waals surface area (Å²) < 4.78 is 77.3. The Morgan fingerprint density at radius 2 is 1.67 bits per heavy atom. The lowest BCUT2D eigenvalue weighted by Gasteiger charge is -2.14. The molecule has 1 rings (SSSR count). The standard InChI is InChI=1S/C10H2F6N2/c1-18-9-7(12)5(10(14,15)16)4(2-3-17)6(11)8(9)13/h2H2. The monoisotopic (exact) mass is 264 g/mol. The van der Waals surface area contributed by atoms with E-state index in [2.05, 4.69) is 4.85 Å². The minimum atomic E-state index is -5.33. The third kappa shape index (κ3) is 2.09. The molecule has 0 fully saturated rings. The van der Waals surface area contributed by atoms with Gasteiger partial charge >= 0.3 is 6.18 Å². The Kier molecular flexibility index (Phi) is 3.52. The van der Waals surface area contributed by atoms with Crippen LogP contribution in [0, 0.1) is 35.4 Å². The number of nitrogens with zero attached hydrogens (tertiary/aromatic N) is 2. The molecule has 0 saturated carbocycles. The van der Waals surface area contributed by atoms with Crippen molar-refractivity contribution in [2.45, 2.75) is 12.6 Å². The second kappa shape index (κ2) is 4.57. The molecule has 0 aromatic heterocycles. The van der Waals surface area contributed by atoms with E-state index in [9.17, 15) is 26.3 Å².